The zero-order valence-electron chi connectivity index (χ0n) is 14.0. The largest absolute Gasteiger partial charge is 0.325 e. The second kappa shape index (κ2) is 8.31. The second-order valence-electron chi connectivity index (χ2n) is 5.51. The molecular weight excluding hydrogens is 378 g/mol. The van der Waals surface area contributed by atoms with Gasteiger partial charge in [0.15, 0.2) is 0 Å². The first kappa shape index (κ1) is 19.9. The van der Waals surface area contributed by atoms with Crippen LogP contribution in [0.1, 0.15) is 30.1 Å². The van der Waals surface area contributed by atoms with E-state index in [1.165, 1.54) is 30.3 Å². The van der Waals surface area contributed by atoms with Crippen molar-refractivity contribution in [2.75, 3.05) is 10.6 Å². The molecule has 0 atom stereocenters. The molecule has 138 valence electrons. The van der Waals surface area contributed by atoms with E-state index in [2.05, 4.69) is 10.6 Å². The van der Waals surface area contributed by atoms with Gasteiger partial charge in [0.25, 0.3) is 5.91 Å². The summed E-state index contributed by atoms with van der Waals surface area (Å²) in [4.78, 5) is 24.3. The van der Waals surface area contributed by atoms with Gasteiger partial charge in [-0.1, -0.05) is 18.5 Å². The number of nitrogens with one attached hydrogen (secondary N) is 2. The average Bonchev–Trinajstić information content (AvgIpc) is 2.56. The van der Waals surface area contributed by atoms with Gasteiger partial charge < -0.3 is 10.6 Å². The number of hydrogen-bond donors (Lipinski definition) is 3. The van der Waals surface area contributed by atoms with Crippen molar-refractivity contribution < 1.29 is 18.0 Å². The van der Waals surface area contributed by atoms with Gasteiger partial charge in [-0.05, 0) is 48.9 Å². The summed E-state index contributed by atoms with van der Waals surface area (Å²) in [5.74, 6) is -0.705. The van der Waals surface area contributed by atoms with Crippen molar-refractivity contribution in [2.45, 2.75) is 24.7 Å². The smallest absolute Gasteiger partial charge is 0.257 e. The minimum Gasteiger partial charge on any atom is -0.325 e. The monoisotopic (exact) mass is 395 g/mol. The number of amides is 2. The molecule has 9 heteroatoms. The molecule has 0 aliphatic carbocycles. The van der Waals surface area contributed by atoms with Crippen LogP contribution in [-0.2, 0) is 14.8 Å². The number of halogens is 1. The third kappa shape index (κ3) is 5.29. The molecule has 0 fully saturated rings. The first-order valence-corrected chi connectivity index (χ1v) is 9.66. The topological polar surface area (TPSA) is 118 Å². The standard InChI is InChI=1S/C17H18ClN3O4S/c1-2-3-16(22)21-15-9-4-11(18)10-14(15)17(23)20-12-5-7-13(8-6-12)26(19,24)25/h4-10H,2-3H2,1H3,(H,20,23)(H,21,22)(H2,19,24,25). The molecule has 7 nitrogen and oxygen atoms in total. The summed E-state index contributed by atoms with van der Waals surface area (Å²) < 4.78 is 22.5. The normalized spacial score (nSPS) is 11.0. The fourth-order valence-corrected chi connectivity index (χ4v) is 2.87. The zero-order valence-corrected chi connectivity index (χ0v) is 15.5. The van der Waals surface area contributed by atoms with Gasteiger partial charge in [-0.3, -0.25) is 9.59 Å². The van der Waals surface area contributed by atoms with Gasteiger partial charge >= 0.3 is 0 Å². The summed E-state index contributed by atoms with van der Waals surface area (Å²) in [5.41, 5.74) is 0.900. The first-order chi connectivity index (χ1) is 12.2. The van der Waals surface area contributed by atoms with Gasteiger partial charge in [-0.15, -0.1) is 0 Å². The summed E-state index contributed by atoms with van der Waals surface area (Å²) in [6.45, 7) is 1.88. The van der Waals surface area contributed by atoms with Crippen molar-refractivity contribution >= 4 is 44.8 Å². The number of nitrogens with two attached hydrogens (primary N) is 1. The van der Waals surface area contributed by atoms with Crippen LogP contribution in [0.2, 0.25) is 5.02 Å². The molecule has 0 unspecified atom stereocenters. The highest BCUT2D eigenvalue weighted by atomic mass is 35.5. The lowest BCUT2D eigenvalue weighted by Crippen LogP contribution is -2.18. The van der Waals surface area contributed by atoms with Crippen molar-refractivity contribution in [3.8, 4) is 0 Å². The minimum absolute atomic E-state index is 0.0641. The number of benzene rings is 2. The van der Waals surface area contributed by atoms with E-state index in [4.69, 9.17) is 16.7 Å². The number of rotatable bonds is 6. The van der Waals surface area contributed by atoms with Crippen LogP contribution < -0.4 is 15.8 Å². The highest BCUT2D eigenvalue weighted by Crippen LogP contribution is 2.23. The molecule has 26 heavy (non-hydrogen) atoms. The van der Waals surface area contributed by atoms with Crippen molar-refractivity contribution in [1.82, 2.24) is 0 Å². The minimum atomic E-state index is -3.81. The number of hydrogen-bond acceptors (Lipinski definition) is 4. The maximum absolute atomic E-state index is 12.5. The van der Waals surface area contributed by atoms with E-state index >= 15 is 0 Å². The molecule has 0 aliphatic rings. The predicted octanol–water partition coefficient (Wildman–Crippen LogP) is 2.98. The molecule has 0 heterocycles. The van der Waals surface area contributed by atoms with Gasteiger partial charge in [-0.2, -0.15) is 0 Å². The lowest BCUT2D eigenvalue weighted by atomic mass is 10.1. The molecule has 2 aromatic carbocycles. The highest BCUT2D eigenvalue weighted by molar-refractivity contribution is 7.89. The van der Waals surface area contributed by atoms with E-state index in [0.717, 1.165) is 0 Å². The summed E-state index contributed by atoms with van der Waals surface area (Å²) in [5, 5.41) is 10.7. The Morgan fingerprint density at radius 1 is 1.08 bits per heavy atom. The Hall–Kier alpha value is -2.42. The molecule has 4 N–H and O–H groups in total. The van der Waals surface area contributed by atoms with Crippen LogP contribution in [0.4, 0.5) is 11.4 Å². The van der Waals surface area contributed by atoms with Crippen LogP contribution in [0, 0.1) is 0 Å². The lowest BCUT2D eigenvalue weighted by Gasteiger charge is -2.12. The van der Waals surface area contributed by atoms with Crippen LogP contribution in [0.3, 0.4) is 0 Å². The Balaban J connectivity index is 2.23. The number of sulfonamides is 1. The summed E-state index contributed by atoms with van der Waals surface area (Å²) in [7, 11) is -3.81. The second-order valence-corrected chi connectivity index (χ2v) is 7.51. The van der Waals surface area contributed by atoms with Crippen LogP contribution in [-0.4, -0.2) is 20.2 Å². The number of primary sulfonamides is 1. The van der Waals surface area contributed by atoms with Gasteiger partial charge in [-0.25, -0.2) is 13.6 Å². The number of carbonyl (C=O) groups is 2. The molecule has 0 bridgehead atoms. The van der Waals surface area contributed by atoms with Crippen LogP contribution in [0.15, 0.2) is 47.4 Å². The molecule has 2 rings (SSSR count). The fraction of sp³-hybridized carbons (Fsp3) is 0.176. The lowest BCUT2D eigenvalue weighted by molar-refractivity contribution is -0.116. The van der Waals surface area contributed by atoms with Crippen LogP contribution in [0.5, 0.6) is 0 Å². The molecule has 0 radical (unpaired) electrons. The van der Waals surface area contributed by atoms with Crippen LogP contribution in [0.25, 0.3) is 0 Å². The third-order valence-electron chi connectivity index (χ3n) is 3.42. The SMILES string of the molecule is CCCC(=O)Nc1ccc(Cl)cc1C(=O)Nc1ccc(S(N)(=O)=O)cc1. The van der Waals surface area contributed by atoms with E-state index in [1.807, 2.05) is 6.92 Å². The summed E-state index contributed by atoms with van der Waals surface area (Å²) in [6.07, 6.45) is 1.01. The Labute approximate surface area is 156 Å². The van der Waals surface area contributed by atoms with Gasteiger partial charge in [0.1, 0.15) is 0 Å². The number of carbonyl (C=O) groups excluding carboxylic acids is 2. The Morgan fingerprint density at radius 3 is 2.31 bits per heavy atom. The third-order valence-corrected chi connectivity index (χ3v) is 4.58. The molecule has 0 aromatic heterocycles. The Kier molecular flexibility index (Phi) is 6.36. The van der Waals surface area contributed by atoms with E-state index in [1.54, 1.807) is 12.1 Å². The van der Waals surface area contributed by atoms with Gasteiger partial charge in [0.2, 0.25) is 15.9 Å². The number of anilines is 2. The molecule has 0 spiro atoms. The first-order valence-electron chi connectivity index (χ1n) is 7.74. The van der Waals surface area contributed by atoms with Crippen molar-refractivity contribution in [1.29, 1.82) is 0 Å². The Bertz CT molecular complexity index is 928. The van der Waals surface area contributed by atoms with Gasteiger partial charge in [0, 0.05) is 17.1 Å². The average molecular weight is 396 g/mol. The summed E-state index contributed by atoms with van der Waals surface area (Å²) >= 11 is 5.96. The predicted molar refractivity (Wildman–Crippen MR) is 101 cm³/mol. The van der Waals surface area contributed by atoms with E-state index < -0.39 is 15.9 Å². The summed E-state index contributed by atoms with van der Waals surface area (Å²) in [6, 6.07) is 9.96. The van der Waals surface area contributed by atoms with Crippen molar-refractivity contribution in [3.05, 3.63) is 53.1 Å². The molecular formula is C17H18ClN3O4S. The highest BCUT2D eigenvalue weighted by Gasteiger charge is 2.15. The molecule has 2 amide bonds. The van der Waals surface area contributed by atoms with E-state index in [9.17, 15) is 18.0 Å². The zero-order chi connectivity index (χ0) is 19.3. The van der Waals surface area contributed by atoms with Gasteiger partial charge in [0.05, 0.1) is 16.1 Å². The maximum Gasteiger partial charge on any atom is 0.257 e. The maximum atomic E-state index is 12.5. The molecule has 2 aromatic rings. The van der Waals surface area contributed by atoms with Crippen LogP contribution >= 0.6 is 11.6 Å². The fourth-order valence-electron chi connectivity index (χ4n) is 2.18. The molecule has 0 saturated heterocycles. The Morgan fingerprint density at radius 2 is 1.73 bits per heavy atom. The van der Waals surface area contributed by atoms with E-state index in [0.29, 0.717) is 29.2 Å². The van der Waals surface area contributed by atoms with Crippen molar-refractivity contribution in [3.63, 3.8) is 0 Å². The van der Waals surface area contributed by atoms with E-state index in [-0.39, 0.29) is 16.4 Å². The quantitative estimate of drug-likeness (QED) is 0.696. The molecule has 0 aliphatic heterocycles. The molecule has 0 saturated carbocycles. The van der Waals surface area contributed by atoms with Crippen molar-refractivity contribution in [2.24, 2.45) is 5.14 Å².